The number of anilines is 1. The number of aromatic nitrogens is 1. The summed E-state index contributed by atoms with van der Waals surface area (Å²) in [6.45, 7) is 1.63. The number of hydrogen-bond donors (Lipinski definition) is 1. The van der Waals surface area contributed by atoms with Crippen molar-refractivity contribution in [3.05, 3.63) is 53.7 Å². The summed E-state index contributed by atoms with van der Waals surface area (Å²) in [5.41, 5.74) is 2.43. The van der Waals surface area contributed by atoms with Gasteiger partial charge < -0.3 is 15.0 Å². The van der Waals surface area contributed by atoms with Crippen LogP contribution in [0.1, 0.15) is 11.1 Å². The maximum Gasteiger partial charge on any atom is 0.133 e. The molecule has 0 fully saturated rings. The molecular formula is C16H21N3O. The number of nitrogens with one attached hydrogen (secondary N) is 1. The molecule has 2 rings (SSSR count). The van der Waals surface area contributed by atoms with E-state index in [1.165, 1.54) is 11.1 Å². The third kappa shape index (κ3) is 3.48. The molecule has 0 saturated heterocycles. The molecular weight excluding hydrogens is 250 g/mol. The Morgan fingerprint density at radius 3 is 2.60 bits per heavy atom. The summed E-state index contributed by atoms with van der Waals surface area (Å²) in [4.78, 5) is 6.65. The van der Waals surface area contributed by atoms with Gasteiger partial charge in [-0.3, -0.25) is 0 Å². The van der Waals surface area contributed by atoms with Gasteiger partial charge in [-0.15, -0.1) is 0 Å². The van der Waals surface area contributed by atoms with E-state index in [1.54, 1.807) is 7.11 Å². The van der Waals surface area contributed by atoms with Crippen LogP contribution in [0.15, 0.2) is 42.6 Å². The number of methoxy groups -OCH3 is 1. The van der Waals surface area contributed by atoms with E-state index in [1.807, 2.05) is 31.4 Å². The highest BCUT2D eigenvalue weighted by Crippen LogP contribution is 2.19. The van der Waals surface area contributed by atoms with Gasteiger partial charge in [-0.2, -0.15) is 0 Å². The molecule has 0 amide bonds. The van der Waals surface area contributed by atoms with Gasteiger partial charge in [0, 0.05) is 31.9 Å². The molecule has 0 bridgehead atoms. The lowest BCUT2D eigenvalue weighted by molar-refractivity contribution is 0.414. The summed E-state index contributed by atoms with van der Waals surface area (Å²) >= 11 is 0. The van der Waals surface area contributed by atoms with E-state index in [4.69, 9.17) is 4.74 Å². The van der Waals surface area contributed by atoms with Crippen LogP contribution in [0.2, 0.25) is 0 Å². The number of rotatable bonds is 6. The molecule has 1 aromatic heterocycles. The Morgan fingerprint density at radius 1 is 1.20 bits per heavy atom. The summed E-state index contributed by atoms with van der Waals surface area (Å²) in [6.07, 6.45) is 1.83. The lowest BCUT2D eigenvalue weighted by Crippen LogP contribution is -2.20. The molecule has 0 atom stereocenters. The predicted molar refractivity (Wildman–Crippen MR) is 82.1 cm³/mol. The summed E-state index contributed by atoms with van der Waals surface area (Å²) in [5, 5.41) is 3.18. The second-order valence-electron chi connectivity index (χ2n) is 4.72. The van der Waals surface area contributed by atoms with E-state index in [2.05, 4.69) is 40.4 Å². The fourth-order valence-corrected chi connectivity index (χ4v) is 2.18. The minimum absolute atomic E-state index is 0.816. The Morgan fingerprint density at radius 2 is 1.95 bits per heavy atom. The standard InChI is InChI=1S/C16H21N3O/c1-17-11-14-5-4-10-18-16(14)19(2)12-13-6-8-15(20-3)9-7-13/h4-10,17H,11-12H2,1-3H3. The molecule has 0 spiro atoms. The molecule has 0 aliphatic rings. The van der Waals surface area contributed by atoms with Crippen molar-refractivity contribution in [2.75, 3.05) is 26.1 Å². The third-order valence-electron chi connectivity index (χ3n) is 3.18. The van der Waals surface area contributed by atoms with Crippen molar-refractivity contribution in [1.29, 1.82) is 0 Å². The van der Waals surface area contributed by atoms with Crippen LogP contribution < -0.4 is 15.0 Å². The zero-order valence-electron chi connectivity index (χ0n) is 12.3. The summed E-state index contributed by atoms with van der Waals surface area (Å²) < 4.78 is 5.18. The summed E-state index contributed by atoms with van der Waals surface area (Å²) in [7, 11) is 5.69. The normalized spacial score (nSPS) is 10.3. The van der Waals surface area contributed by atoms with E-state index >= 15 is 0 Å². The van der Waals surface area contributed by atoms with Crippen LogP contribution in [-0.4, -0.2) is 26.2 Å². The van der Waals surface area contributed by atoms with E-state index in [-0.39, 0.29) is 0 Å². The minimum atomic E-state index is 0.816. The van der Waals surface area contributed by atoms with Gasteiger partial charge >= 0.3 is 0 Å². The molecule has 4 heteroatoms. The first-order chi connectivity index (χ1) is 9.74. The number of benzene rings is 1. The van der Waals surface area contributed by atoms with E-state index < -0.39 is 0 Å². The van der Waals surface area contributed by atoms with Gasteiger partial charge in [-0.1, -0.05) is 18.2 Å². The Kier molecular flexibility index (Phi) is 4.96. The topological polar surface area (TPSA) is 37.4 Å². The predicted octanol–water partition coefficient (Wildman–Crippen LogP) is 2.45. The van der Waals surface area contributed by atoms with Crippen LogP contribution in [0.3, 0.4) is 0 Å². The van der Waals surface area contributed by atoms with Gasteiger partial charge in [0.25, 0.3) is 0 Å². The average Bonchev–Trinajstić information content (AvgIpc) is 2.49. The van der Waals surface area contributed by atoms with Crippen LogP contribution in [0.4, 0.5) is 5.82 Å². The molecule has 0 saturated carbocycles. The number of pyridine rings is 1. The van der Waals surface area contributed by atoms with Gasteiger partial charge in [0.05, 0.1) is 7.11 Å². The molecule has 1 heterocycles. The second kappa shape index (κ2) is 6.91. The molecule has 4 nitrogen and oxygen atoms in total. The van der Waals surface area contributed by atoms with E-state index in [0.29, 0.717) is 0 Å². The van der Waals surface area contributed by atoms with Crippen molar-refractivity contribution in [3.8, 4) is 5.75 Å². The SMILES string of the molecule is CNCc1cccnc1N(C)Cc1ccc(OC)cc1. The van der Waals surface area contributed by atoms with Crippen molar-refractivity contribution >= 4 is 5.82 Å². The second-order valence-corrected chi connectivity index (χ2v) is 4.72. The molecule has 20 heavy (non-hydrogen) atoms. The van der Waals surface area contributed by atoms with Gasteiger partial charge in [-0.05, 0) is 30.8 Å². The molecule has 1 aromatic carbocycles. The van der Waals surface area contributed by atoms with Gasteiger partial charge in [0.2, 0.25) is 0 Å². The number of hydrogen-bond acceptors (Lipinski definition) is 4. The zero-order valence-corrected chi connectivity index (χ0v) is 12.3. The molecule has 0 aliphatic heterocycles. The Bertz CT molecular complexity index is 540. The van der Waals surface area contributed by atoms with Crippen LogP contribution in [0.5, 0.6) is 5.75 Å². The molecule has 0 aliphatic carbocycles. The summed E-state index contributed by atoms with van der Waals surface area (Å²) in [6, 6.07) is 12.2. The minimum Gasteiger partial charge on any atom is -0.497 e. The van der Waals surface area contributed by atoms with Crippen LogP contribution >= 0.6 is 0 Å². The van der Waals surface area contributed by atoms with Gasteiger partial charge in [0.15, 0.2) is 0 Å². The van der Waals surface area contributed by atoms with Crippen molar-refractivity contribution < 1.29 is 4.74 Å². The lowest BCUT2D eigenvalue weighted by Gasteiger charge is -2.21. The monoisotopic (exact) mass is 271 g/mol. The molecule has 1 N–H and O–H groups in total. The van der Waals surface area contributed by atoms with Crippen LogP contribution in [0.25, 0.3) is 0 Å². The molecule has 2 aromatic rings. The fraction of sp³-hybridized carbons (Fsp3) is 0.312. The summed E-state index contributed by atoms with van der Waals surface area (Å²) in [5.74, 6) is 1.89. The zero-order chi connectivity index (χ0) is 14.4. The maximum absolute atomic E-state index is 5.18. The van der Waals surface area contributed by atoms with Gasteiger partial charge in [0.1, 0.15) is 11.6 Å². The van der Waals surface area contributed by atoms with Crippen LogP contribution in [0, 0.1) is 0 Å². The quantitative estimate of drug-likeness (QED) is 0.875. The molecule has 0 unspecified atom stereocenters. The number of nitrogens with zero attached hydrogens (tertiary/aromatic N) is 2. The number of ether oxygens (including phenoxy) is 1. The van der Waals surface area contributed by atoms with E-state index in [0.717, 1.165) is 24.7 Å². The van der Waals surface area contributed by atoms with Crippen LogP contribution in [-0.2, 0) is 13.1 Å². The molecule has 106 valence electrons. The average molecular weight is 271 g/mol. The third-order valence-corrected chi connectivity index (χ3v) is 3.18. The first-order valence-corrected chi connectivity index (χ1v) is 6.67. The Balaban J connectivity index is 2.12. The first kappa shape index (κ1) is 14.3. The fourth-order valence-electron chi connectivity index (χ4n) is 2.18. The Labute approximate surface area is 120 Å². The lowest BCUT2D eigenvalue weighted by atomic mass is 10.2. The highest BCUT2D eigenvalue weighted by molar-refractivity contribution is 5.46. The van der Waals surface area contributed by atoms with Gasteiger partial charge in [-0.25, -0.2) is 4.98 Å². The highest BCUT2D eigenvalue weighted by atomic mass is 16.5. The highest BCUT2D eigenvalue weighted by Gasteiger charge is 2.08. The first-order valence-electron chi connectivity index (χ1n) is 6.67. The van der Waals surface area contributed by atoms with Crippen molar-refractivity contribution in [3.63, 3.8) is 0 Å². The largest absolute Gasteiger partial charge is 0.497 e. The Hall–Kier alpha value is -2.07. The van der Waals surface area contributed by atoms with Crippen molar-refractivity contribution in [2.45, 2.75) is 13.1 Å². The maximum atomic E-state index is 5.18. The van der Waals surface area contributed by atoms with Crippen molar-refractivity contribution in [2.24, 2.45) is 0 Å². The van der Waals surface area contributed by atoms with E-state index in [9.17, 15) is 0 Å². The smallest absolute Gasteiger partial charge is 0.133 e. The van der Waals surface area contributed by atoms with Crippen molar-refractivity contribution in [1.82, 2.24) is 10.3 Å². The molecule has 0 radical (unpaired) electrons.